The topological polar surface area (TPSA) is 20.3 Å². The first-order chi connectivity index (χ1) is 9.06. The molecule has 1 aromatic rings. The van der Waals surface area contributed by atoms with Crippen molar-refractivity contribution in [2.75, 3.05) is 0 Å². The van der Waals surface area contributed by atoms with Crippen molar-refractivity contribution < 1.29 is 4.79 Å². The van der Waals surface area contributed by atoms with Gasteiger partial charge in [-0.05, 0) is 43.9 Å². The third kappa shape index (κ3) is 2.53. The monoisotopic (exact) mass is 361 g/mol. The van der Waals surface area contributed by atoms with E-state index in [0.717, 1.165) is 30.2 Å². The summed E-state index contributed by atoms with van der Waals surface area (Å²) in [6.45, 7) is 0. The number of carbonyl (C=O) groups is 1. The normalized spacial score (nSPS) is 29.6. The highest BCUT2D eigenvalue weighted by molar-refractivity contribution is 9.10. The van der Waals surface area contributed by atoms with E-state index in [4.69, 9.17) is 23.2 Å². The van der Waals surface area contributed by atoms with Crippen LogP contribution in [-0.4, -0.2) is 28.3 Å². The molecule has 0 radical (unpaired) electrons. The molecular weight excluding hydrogens is 349 g/mol. The largest absolute Gasteiger partial charge is 0.333 e. The number of benzene rings is 1. The minimum atomic E-state index is 0.0496. The van der Waals surface area contributed by atoms with Gasteiger partial charge in [0.15, 0.2) is 0 Å². The lowest BCUT2D eigenvalue weighted by atomic mass is 10.0. The number of halogens is 3. The van der Waals surface area contributed by atoms with E-state index < -0.39 is 0 Å². The summed E-state index contributed by atoms with van der Waals surface area (Å²) < 4.78 is 0.886. The number of piperidine rings is 1. The molecule has 2 aliphatic heterocycles. The van der Waals surface area contributed by atoms with Crippen LogP contribution in [0.3, 0.4) is 0 Å². The Balaban J connectivity index is 1.88. The number of alkyl halides is 1. The van der Waals surface area contributed by atoms with Gasteiger partial charge in [-0.1, -0.05) is 27.5 Å². The number of hydrogen-bond acceptors (Lipinski definition) is 1. The standard InChI is InChI=1S/C14H14BrCl2NO/c15-8-1-4-12(13(17)5-8)14(19)18-10-2-3-11(18)7-9(16)6-10/h1,4-5,9-11H,2-3,6-7H2. The van der Waals surface area contributed by atoms with Crippen molar-refractivity contribution in [2.45, 2.75) is 43.1 Å². The van der Waals surface area contributed by atoms with Crippen LogP contribution in [0.4, 0.5) is 0 Å². The molecule has 2 fully saturated rings. The van der Waals surface area contributed by atoms with Crippen LogP contribution < -0.4 is 0 Å². The SMILES string of the molecule is O=C(c1ccc(Br)cc1Cl)N1C2CCC1CC(Cl)C2. The Morgan fingerprint density at radius 1 is 1.26 bits per heavy atom. The van der Waals surface area contributed by atoms with Crippen LogP contribution in [-0.2, 0) is 0 Å². The van der Waals surface area contributed by atoms with Crippen LogP contribution in [0.1, 0.15) is 36.0 Å². The molecule has 0 aliphatic carbocycles. The Hall–Kier alpha value is -0.250. The summed E-state index contributed by atoms with van der Waals surface area (Å²) in [7, 11) is 0. The highest BCUT2D eigenvalue weighted by Crippen LogP contribution is 2.39. The molecule has 2 aliphatic rings. The van der Waals surface area contributed by atoms with Gasteiger partial charge in [0.25, 0.3) is 5.91 Å². The number of hydrogen-bond donors (Lipinski definition) is 0. The Morgan fingerprint density at radius 3 is 2.47 bits per heavy atom. The zero-order valence-corrected chi connectivity index (χ0v) is 13.4. The van der Waals surface area contributed by atoms with Gasteiger partial charge in [0, 0.05) is 21.9 Å². The molecule has 2 atom stereocenters. The van der Waals surface area contributed by atoms with Gasteiger partial charge in [-0.25, -0.2) is 0 Å². The van der Waals surface area contributed by atoms with E-state index in [1.54, 1.807) is 12.1 Å². The smallest absolute Gasteiger partial charge is 0.255 e. The quantitative estimate of drug-likeness (QED) is 0.674. The van der Waals surface area contributed by atoms with Crippen LogP contribution in [0, 0.1) is 0 Å². The molecule has 19 heavy (non-hydrogen) atoms. The molecular formula is C14H14BrCl2NO. The van der Waals surface area contributed by atoms with Gasteiger partial charge in [-0.2, -0.15) is 0 Å². The molecule has 2 unspecified atom stereocenters. The number of rotatable bonds is 1. The first-order valence-electron chi connectivity index (χ1n) is 6.48. The van der Waals surface area contributed by atoms with Crippen LogP contribution in [0.25, 0.3) is 0 Å². The van der Waals surface area contributed by atoms with Gasteiger partial charge in [0.05, 0.1) is 10.6 Å². The van der Waals surface area contributed by atoms with E-state index in [1.165, 1.54) is 0 Å². The predicted octanol–water partition coefficient (Wildman–Crippen LogP) is 4.48. The van der Waals surface area contributed by atoms with E-state index in [-0.39, 0.29) is 23.4 Å². The van der Waals surface area contributed by atoms with Crippen molar-refractivity contribution in [3.05, 3.63) is 33.3 Å². The van der Waals surface area contributed by atoms with E-state index in [0.29, 0.717) is 10.6 Å². The molecule has 2 bridgehead atoms. The molecule has 5 heteroatoms. The van der Waals surface area contributed by atoms with Crippen LogP contribution >= 0.6 is 39.1 Å². The lowest BCUT2D eigenvalue weighted by Gasteiger charge is -2.37. The van der Waals surface area contributed by atoms with Crippen molar-refractivity contribution >= 4 is 45.0 Å². The average molecular weight is 363 g/mol. The average Bonchev–Trinajstić information content (AvgIpc) is 2.61. The van der Waals surface area contributed by atoms with Crippen LogP contribution in [0.5, 0.6) is 0 Å². The fourth-order valence-corrected chi connectivity index (χ4v) is 4.41. The summed E-state index contributed by atoms with van der Waals surface area (Å²) in [5.74, 6) is 0.0496. The summed E-state index contributed by atoms with van der Waals surface area (Å²) in [6, 6.07) is 5.99. The third-order valence-corrected chi connectivity index (χ3v) is 5.23. The molecule has 2 heterocycles. The number of fused-ring (bicyclic) bond motifs is 2. The number of carbonyl (C=O) groups excluding carboxylic acids is 1. The molecule has 2 nitrogen and oxygen atoms in total. The highest BCUT2D eigenvalue weighted by Gasteiger charge is 2.43. The zero-order chi connectivity index (χ0) is 13.6. The minimum Gasteiger partial charge on any atom is -0.333 e. The van der Waals surface area contributed by atoms with Crippen molar-refractivity contribution in [3.63, 3.8) is 0 Å². The molecule has 102 valence electrons. The lowest BCUT2D eigenvalue weighted by Crippen LogP contribution is -2.47. The maximum atomic E-state index is 12.7. The maximum Gasteiger partial charge on any atom is 0.255 e. The second-order valence-corrected chi connectivity index (χ2v) is 7.23. The molecule has 1 amide bonds. The van der Waals surface area contributed by atoms with Crippen molar-refractivity contribution in [2.24, 2.45) is 0 Å². The highest BCUT2D eigenvalue weighted by atomic mass is 79.9. The summed E-state index contributed by atoms with van der Waals surface area (Å²) in [5, 5.41) is 0.716. The maximum absolute atomic E-state index is 12.7. The second-order valence-electron chi connectivity index (χ2n) is 5.29. The fraction of sp³-hybridized carbons (Fsp3) is 0.500. The van der Waals surface area contributed by atoms with E-state index in [1.807, 2.05) is 11.0 Å². The van der Waals surface area contributed by atoms with Crippen LogP contribution in [0.2, 0.25) is 5.02 Å². The van der Waals surface area contributed by atoms with Gasteiger partial charge in [-0.15, -0.1) is 11.6 Å². The Morgan fingerprint density at radius 2 is 1.89 bits per heavy atom. The van der Waals surface area contributed by atoms with E-state index in [9.17, 15) is 4.79 Å². The van der Waals surface area contributed by atoms with Gasteiger partial charge < -0.3 is 4.90 Å². The second kappa shape index (κ2) is 5.27. The van der Waals surface area contributed by atoms with Gasteiger partial charge in [-0.3, -0.25) is 4.79 Å². The van der Waals surface area contributed by atoms with Gasteiger partial charge in [0.2, 0.25) is 0 Å². The van der Waals surface area contributed by atoms with Gasteiger partial charge in [0.1, 0.15) is 0 Å². The summed E-state index contributed by atoms with van der Waals surface area (Å²) in [4.78, 5) is 14.7. The first kappa shape index (κ1) is 13.7. The van der Waals surface area contributed by atoms with E-state index in [2.05, 4.69) is 15.9 Å². The molecule has 3 rings (SSSR count). The van der Waals surface area contributed by atoms with Crippen molar-refractivity contribution in [3.8, 4) is 0 Å². The number of amides is 1. The van der Waals surface area contributed by atoms with Crippen molar-refractivity contribution in [1.82, 2.24) is 4.90 Å². The molecule has 0 spiro atoms. The van der Waals surface area contributed by atoms with Crippen molar-refractivity contribution in [1.29, 1.82) is 0 Å². The Labute approximate surface area is 131 Å². The lowest BCUT2D eigenvalue weighted by molar-refractivity contribution is 0.0600. The summed E-state index contributed by atoms with van der Waals surface area (Å²) in [5.41, 5.74) is 0.592. The molecule has 0 N–H and O–H groups in total. The molecule has 0 aromatic heterocycles. The van der Waals surface area contributed by atoms with E-state index >= 15 is 0 Å². The first-order valence-corrected chi connectivity index (χ1v) is 8.09. The fourth-order valence-electron chi connectivity index (χ4n) is 3.24. The van der Waals surface area contributed by atoms with Crippen LogP contribution in [0.15, 0.2) is 22.7 Å². The minimum absolute atomic E-state index is 0.0496. The number of nitrogens with zero attached hydrogens (tertiary/aromatic N) is 1. The summed E-state index contributed by atoms with van der Waals surface area (Å²) in [6.07, 6.45) is 3.93. The summed E-state index contributed by atoms with van der Waals surface area (Å²) >= 11 is 15.8. The molecule has 2 saturated heterocycles. The Bertz CT molecular complexity index is 508. The van der Waals surface area contributed by atoms with Gasteiger partial charge >= 0.3 is 0 Å². The third-order valence-electron chi connectivity index (χ3n) is 4.07. The molecule has 0 saturated carbocycles. The zero-order valence-electron chi connectivity index (χ0n) is 10.3. The molecule has 1 aromatic carbocycles. The predicted molar refractivity (Wildman–Crippen MR) is 81.0 cm³/mol. The Kier molecular flexibility index (Phi) is 3.80.